The smallest absolute Gasteiger partial charge is 0.283 e. The van der Waals surface area contributed by atoms with Gasteiger partial charge in [-0.25, -0.2) is 5.43 Å². The van der Waals surface area contributed by atoms with Gasteiger partial charge in [0.05, 0.1) is 22.3 Å². The van der Waals surface area contributed by atoms with Gasteiger partial charge in [0, 0.05) is 20.1 Å². The summed E-state index contributed by atoms with van der Waals surface area (Å²) in [5, 5.41) is 15.3. The molecule has 9 heteroatoms. The van der Waals surface area contributed by atoms with Crippen molar-refractivity contribution in [3.8, 4) is 11.5 Å². The summed E-state index contributed by atoms with van der Waals surface area (Å²) in [4.78, 5) is 12.8. The number of hydrazone groups is 1. The Labute approximate surface area is 181 Å². The lowest BCUT2D eigenvalue weighted by Crippen LogP contribution is -2.16. The Morgan fingerprint density at radius 1 is 1.37 bits per heavy atom. The SMILES string of the molecule is CCOc1cc(/C=N/NC(=O)c2sc3ccccc3c2Cl)c(Br)c(Br)c1O. The number of phenols is 1. The van der Waals surface area contributed by atoms with Crippen molar-refractivity contribution < 1.29 is 14.6 Å². The predicted octanol–water partition coefficient (Wildman–Crippen LogP) is 5.95. The highest BCUT2D eigenvalue weighted by atomic mass is 79.9. The van der Waals surface area contributed by atoms with Crippen molar-refractivity contribution in [2.24, 2.45) is 5.10 Å². The van der Waals surface area contributed by atoms with E-state index in [0.717, 1.165) is 10.1 Å². The minimum atomic E-state index is -0.392. The lowest BCUT2D eigenvalue weighted by molar-refractivity contribution is 0.0959. The summed E-state index contributed by atoms with van der Waals surface area (Å²) in [6.07, 6.45) is 1.45. The van der Waals surface area contributed by atoms with E-state index in [1.807, 2.05) is 31.2 Å². The highest BCUT2D eigenvalue weighted by Crippen LogP contribution is 2.41. The summed E-state index contributed by atoms with van der Waals surface area (Å²) in [6.45, 7) is 2.22. The molecule has 0 atom stereocenters. The molecule has 3 aromatic rings. The molecule has 2 N–H and O–H groups in total. The summed E-state index contributed by atoms with van der Waals surface area (Å²) in [5.74, 6) is -0.0914. The zero-order chi connectivity index (χ0) is 19.6. The summed E-state index contributed by atoms with van der Waals surface area (Å²) in [5.41, 5.74) is 3.10. The van der Waals surface area contributed by atoms with Crippen molar-refractivity contribution in [2.75, 3.05) is 6.61 Å². The lowest BCUT2D eigenvalue weighted by Gasteiger charge is -2.10. The van der Waals surface area contributed by atoms with Crippen LogP contribution in [0, 0.1) is 0 Å². The van der Waals surface area contributed by atoms with E-state index in [1.165, 1.54) is 17.6 Å². The molecular weight excluding hydrogens is 520 g/mol. The van der Waals surface area contributed by atoms with Crippen molar-refractivity contribution in [2.45, 2.75) is 6.92 Å². The number of benzene rings is 2. The lowest BCUT2D eigenvalue weighted by atomic mass is 10.2. The molecule has 0 spiro atoms. The number of halogens is 3. The van der Waals surface area contributed by atoms with E-state index in [4.69, 9.17) is 16.3 Å². The van der Waals surface area contributed by atoms with Crippen LogP contribution in [0.15, 0.2) is 44.4 Å². The van der Waals surface area contributed by atoms with Crippen molar-refractivity contribution >= 4 is 77.0 Å². The van der Waals surface area contributed by atoms with Gasteiger partial charge in [0.1, 0.15) is 4.88 Å². The molecule has 1 aromatic heterocycles. The molecule has 1 heterocycles. The summed E-state index contributed by atoms with van der Waals surface area (Å²) in [7, 11) is 0. The van der Waals surface area contributed by atoms with Crippen LogP contribution in [-0.2, 0) is 0 Å². The van der Waals surface area contributed by atoms with Gasteiger partial charge in [0.2, 0.25) is 0 Å². The molecule has 2 aromatic carbocycles. The van der Waals surface area contributed by atoms with E-state index < -0.39 is 5.91 Å². The zero-order valence-electron chi connectivity index (χ0n) is 13.9. The molecule has 27 heavy (non-hydrogen) atoms. The van der Waals surface area contributed by atoms with Crippen LogP contribution in [0.1, 0.15) is 22.2 Å². The van der Waals surface area contributed by atoms with Gasteiger partial charge in [-0.1, -0.05) is 29.8 Å². The number of hydrogen-bond acceptors (Lipinski definition) is 5. The largest absolute Gasteiger partial charge is 0.503 e. The highest BCUT2D eigenvalue weighted by Gasteiger charge is 2.17. The number of aromatic hydroxyl groups is 1. The van der Waals surface area contributed by atoms with E-state index in [2.05, 4.69) is 42.4 Å². The first-order valence-corrected chi connectivity index (χ1v) is 10.6. The maximum atomic E-state index is 12.4. The van der Waals surface area contributed by atoms with Crippen molar-refractivity contribution in [1.82, 2.24) is 5.43 Å². The van der Waals surface area contributed by atoms with Crippen molar-refractivity contribution in [3.63, 3.8) is 0 Å². The maximum Gasteiger partial charge on any atom is 0.283 e. The average Bonchev–Trinajstić information content (AvgIpc) is 3.00. The molecule has 0 unspecified atom stereocenters. The fourth-order valence-corrected chi connectivity index (χ4v) is 4.58. The fourth-order valence-electron chi connectivity index (χ4n) is 2.34. The monoisotopic (exact) mass is 530 g/mol. The standard InChI is InChI=1S/C18H13Br2ClN2O3S/c1-2-26-11-7-9(13(19)14(20)16(11)24)8-22-23-18(25)17-15(21)10-5-3-4-6-12(10)27-17/h3-8,24H,2H2,1H3,(H,23,25)/b22-8+. The number of carbonyl (C=O) groups is 1. The Morgan fingerprint density at radius 3 is 2.81 bits per heavy atom. The molecule has 0 bridgehead atoms. The van der Waals surface area contributed by atoms with Gasteiger partial charge in [0.15, 0.2) is 11.5 Å². The first-order valence-electron chi connectivity index (χ1n) is 7.78. The van der Waals surface area contributed by atoms with Gasteiger partial charge in [-0.3, -0.25) is 4.79 Å². The Hall–Kier alpha value is -1.61. The van der Waals surface area contributed by atoms with Crippen LogP contribution in [0.3, 0.4) is 0 Å². The molecule has 3 rings (SSSR count). The normalized spacial score (nSPS) is 11.3. The molecule has 0 saturated heterocycles. The second-order valence-electron chi connectivity index (χ2n) is 5.31. The fraction of sp³-hybridized carbons (Fsp3) is 0.111. The number of phenolic OH excluding ortho intramolecular Hbond substituents is 1. The van der Waals surface area contributed by atoms with Crippen LogP contribution >= 0.6 is 54.8 Å². The Balaban J connectivity index is 1.82. The Bertz CT molecular complexity index is 1050. The molecule has 0 radical (unpaired) electrons. The molecule has 0 aliphatic rings. The Morgan fingerprint density at radius 2 is 2.11 bits per heavy atom. The van der Waals surface area contributed by atoms with E-state index in [-0.39, 0.29) is 5.75 Å². The summed E-state index contributed by atoms with van der Waals surface area (Å²) < 4.78 is 7.35. The third-order valence-electron chi connectivity index (χ3n) is 3.58. The number of nitrogens with one attached hydrogen (secondary N) is 1. The van der Waals surface area contributed by atoms with Crippen LogP contribution in [0.2, 0.25) is 5.02 Å². The molecule has 0 aliphatic carbocycles. The third-order valence-corrected chi connectivity index (χ3v) is 7.42. The third kappa shape index (κ3) is 4.13. The topological polar surface area (TPSA) is 70.9 Å². The van der Waals surface area contributed by atoms with E-state index in [0.29, 0.717) is 36.8 Å². The van der Waals surface area contributed by atoms with E-state index in [1.54, 1.807) is 6.07 Å². The van der Waals surface area contributed by atoms with Gasteiger partial charge in [-0.05, 0) is 50.9 Å². The average molecular weight is 533 g/mol. The summed E-state index contributed by atoms with van der Waals surface area (Å²) >= 11 is 14.3. The van der Waals surface area contributed by atoms with Crippen LogP contribution in [0.4, 0.5) is 0 Å². The number of amides is 1. The molecule has 0 aliphatic heterocycles. The molecule has 140 valence electrons. The number of nitrogens with zero attached hydrogens (tertiary/aromatic N) is 1. The van der Waals surface area contributed by atoms with E-state index >= 15 is 0 Å². The highest BCUT2D eigenvalue weighted by molar-refractivity contribution is 9.13. The first-order chi connectivity index (χ1) is 12.9. The van der Waals surface area contributed by atoms with Gasteiger partial charge < -0.3 is 9.84 Å². The second kappa shape index (κ2) is 8.60. The number of carbonyl (C=O) groups excluding carboxylic acids is 1. The van der Waals surface area contributed by atoms with Crippen LogP contribution in [0.5, 0.6) is 11.5 Å². The minimum Gasteiger partial charge on any atom is -0.503 e. The maximum absolute atomic E-state index is 12.4. The molecule has 0 fully saturated rings. The minimum absolute atomic E-state index is 0.0121. The quantitative estimate of drug-likeness (QED) is 0.315. The van der Waals surface area contributed by atoms with Crippen LogP contribution in [0.25, 0.3) is 10.1 Å². The van der Waals surface area contributed by atoms with Gasteiger partial charge in [0.25, 0.3) is 5.91 Å². The second-order valence-corrected chi connectivity index (χ2v) is 8.33. The van der Waals surface area contributed by atoms with Gasteiger partial charge in [-0.2, -0.15) is 5.10 Å². The van der Waals surface area contributed by atoms with Crippen molar-refractivity contribution in [3.05, 3.63) is 54.7 Å². The van der Waals surface area contributed by atoms with Crippen LogP contribution in [-0.4, -0.2) is 23.8 Å². The molecule has 0 saturated carbocycles. The van der Waals surface area contributed by atoms with Crippen molar-refractivity contribution in [1.29, 1.82) is 0 Å². The van der Waals surface area contributed by atoms with Crippen LogP contribution < -0.4 is 10.2 Å². The van der Waals surface area contributed by atoms with Gasteiger partial charge in [-0.15, -0.1) is 11.3 Å². The number of hydrogen-bond donors (Lipinski definition) is 2. The molecule has 1 amide bonds. The number of rotatable bonds is 5. The molecular formula is C18H13Br2ClN2O3S. The number of fused-ring (bicyclic) bond motifs is 1. The molecule has 5 nitrogen and oxygen atoms in total. The van der Waals surface area contributed by atoms with E-state index in [9.17, 15) is 9.90 Å². The first kappa shape index (κ1) is 20.1. The number of thiophene rings is 1. The zero-order valence-corrected chi connectivity index (χ0v) is 18.7. The summed E-state index contributed by atoms with van der Waals surface area (Å²) in [6, 6.07) is 9.17. The van der Waals surface area contributed by atoms with Gasteiger partial charge >= 0.3 is 0 Å². The number of ether oxygens (including phenoxy) is 1. The predicted molar refractivity (Wildman–Crippen MR) is 117 cm³/mol. The Kier molecular flexibility index (Phi) is 6.41.